The van der Waals surface area contributed by atoms with Crippen molar-refractivity contribution in [3.8, 4) is 0 Å². The zero-order chi connectivity index (χ0) is 19.3. The number of hydrogen-bond acceptors (Lipinski definition) is 3. The Hall–Kier alpha value is -2.76. The third-order valence-electron chi connectivity index (χ3n) is 5.25. The highest BCUT2D eigenvalue weighted by Crippen LogP contribution is 2.48. The Labute approximate surface area is 153 Å². The summed E-state index contributed by atoms with van der Waals surface area (Å²) in [6, 6.07) is 8.90. The first-order chi connectivity index (χ1) is 12.8. The van der Waals surface area contributed by atoms with Crippen molar-refractivity contribution in [2.75, 3.05) is 0 Å². The average Bonchev–Trinajstić information content (AvgIpc) is 3.35. The highest BCUT2D eigenvalue weighted by molar-refractivity contribution is 6.27. The van der Waals surface area contributed by atoms with Crippen molar-refractivity contribution >= 4 is 11.6 Å². The molecule has 4 rings (SSSR count). The van der Waals surface area contributed by atoms with Crippen molar-refractivity contribution in [2.45, 2.75) is 25.9 Å². The highest BCUT2D eigenvalue weighted by atomic mass is 19.4. The minimum atomic E-state index is -4.46. The summed E-state index contributed by atoms with van der Waals surface area (Å²) < 4.78 is 38.2. The van der Waals surface area contributed by atoms with Crippen molar-refractivity contribution in [1.82, 2.24) is 4.98 Å². The molecule has 1 aromatic carbocycles. The first-order valence-corrected chi connectivity index (χ1v) is 8.71. The van der Waals surface area contributed by atoms with Crippen LogP contribution in [0.5, 0.6) is 0 Å². The highest BCUT2D eigenvalue weighted by Gasteiger charge is 2.44. The van der Waals surface area contributed by atoms with Gasteiger partial charge in [0.2, 0.25) is 0 Å². The quantitative estimate of drug-likeness (QED) is 0.787. The lowest BCUT2D eigenvalue weighted by Gasteiger charge is -2.21. The molecule has 2 aliphatic rings. The lowest BCUT2D eigenvalue weighted by molar-refractivity contribution is -0.137. The molecule has 2 aliphatic carbocycles. The number of rotatable bonds is 3. The molecule has 2 unspecified atom stereocenters. The van der Waals surface area contributed by atoms with Gasteiger partial charge in [-0.05, 0) is 30.4 Å². The Balaban J connectivity index is 1.74. The van der Waals surface area contributed by atoms with E-state index >= 15 is 0 Å². The third-order valence-corrected chi connectivity index (χ3v) is 5.25. The summed E-state index contributed by atoms with van der Waals surface area (Å²) in [5.74, 6) is -0.0423. The van der Waals surface area contributed by atoms with Gasteiger partial charge >= 0.3 is 6.18 Å². The number of alkyl halides is 3. The van der Waals surface area contributed by atoms with Gasteiger partial charge in [0.1, 0.15) is 0 Å². The molecular formula is C21H16F3NO2. The smallest absolute Gasteiger partial charge is 0.289 e. The second-order valence-electron chi connectivity index (χ2n) is 7.13. The summed E-state index contributed by atoms with van der Waals surface area (Å²) in [5, 5.41) is 0. The molecule has 6 heteroatoms. The SMILES string of the molecule is CC1CC1C1=C(Cc2ccc(C(F)(F)F)cn2)C(=O)c2ccccc2C1=O. The normalized spacial score (nSPS) is 22.1. The van der Waals surface area contributed by atoms with Gasteiger partial charge in [0.25, 0.3) is 0 Å². The number of Topliss-reactive ketones (excluding diaryl/α,β-unsaturated/α-hetero) is 2. The number of carbonyl (C=O) groups excluding carboxylic acids is 2. The van der Waals surface area contributed by atoms with E-state index in [4.69, 9.17) is 0 Å². The van der Waals surface area contributed by atoms with E-state index in [1.54, 1.807) is 24.3 Å². The van der Waals surface area contributed by atoms with E-state index in [1.165, 1.54) is 6.07 Å². The lowest BCUT2D eigenvalue weighted by Crippen LogP contribution is -2.25. The topological polar surface area (TPSA) is 47.0 Å². The molecule has 0 saturated heterocycles. The molecule has 1 aromatic heterocycles. The van der Waals surface area contributed by atoms with Crippen molar-refractivity contribution in [2.24, 2.45) is 11.8 Å². The van der Waals surface area contributed by atoms with Crippen LogP contribution < -0.4 is 0 Å². The molecule has 2 atom stereocenters. The number of halogens is 3. The fourth-order valence-electron chi connectivity index (χ4n) is 3.62. The second-order valence-corrected chi connectivity index (χ2v) is 7.13. The molecule has 138 valence electrons. The molecule has 27 heavy (non-hydrogen) atoms. The Morgan fingerprint density at radius 3 is 2.19 bits per heavy atom. The molecular weight excluding hydrogens is 355 g/mol. The van der Waals surface area contributed by atoms with Crippen LogP contribution >= 0.6 is 0 Å². The zero-order valence-electron chi connectivity index (χ0n) is 14.5. The first-order valence-electron chi connectivity index (χ1n) is 8.71. The van der Waals surface area contributed by atoms with E-state index in [9.17, 15) is 22.8 Å². The monoisotopic (exact) mass is 371 g/mol. The molecule has 3 nitrogen and oxygen atoms in total. The number of fused-ring (bicyclic) bond motifs is 1. The molecule has 0 aliphatic heterocycles. The number of hydrogen-bond donors (Lipinski definition) is 0. The zero-order valence-corrected chi connectivity index (χ0v) is 14.5. The van der Waals surface area contributed by atoms with E-state index in [2.05, 4.69) is 4.98 Å². The van der Waals surface area contributed by atoms with Crippen LogP contribution in [0.15, 0.2) is 53.7 Å². The van der Waals surface area contributed by atoms with Crippen LogP contribution in [0.1, 0.15) is 45.3 Å². The van der Waals surface area contributed by atoms with E-state index in [-0.39, 0.29) is 23.9 Å². The Morgan fingerprint density at radius 1 is 1.04 bits per heavy atom. The maximum absolute atomic E-state index is 13.0. The molecule has 0 spiro atoms. The largest absolute Gasteiger partial charge is 0.417 e. The Bertz CT molecular complexity index is 974. The van der Waals surface area contributed by atoms with Crippen LogP contribution in [-0.4, -0.2) is 16.6 Å². The standard InChI is InChI=1S/C21H16F3NO2/c1-11-8-16(11)18-17(9-13-7-6-12(10-25-13)21(22,23)24)19(26)14-4-2-3-5-15(14)20(18)27/h2-7,10-11,16H,8-9H2,1H3. The Morgan fingerprint density at radius 2 is 1.67 bits per heavy atom. The van der Waals surface area contributed by atoms with Crippen molar-refractivity contribution < 1.29 is 22.8 Å². The fraction of sp³-hybridized carbons (Fsp3) is 0.286. The molecule has 1 saturated carbocycles. The van der Waals surface area contributed by atoms with Crippen LogP contribution in [0, 0.1) is 11.8 Å². The molecule has 0 bridgehead atoms. The number of aromatic nitrogens is 1. The number of carbonyl (C=O) groups is 2. The van der Waals surface area contributed by atoms with Crippen molar-refractivity contribution in [3.63, 3.8) is 0 Å². The summed E-state index contributed by atoms with van der Waals surface area (Å²) in [6.07, 6.45) is -2.82. The summed E-state index contributed by atoms with van der Waals surface area (Å²) in [7, 11) is 0. The van der Waals surface area contributed by atoms with Crippen LogP contribution in [0.3, 0.4) is 0 Å². The van der Waals surface area contributed by atoms with Gasteiger partial charge in [-0.25, -0.2) is 0 Å². The average molecular weight is 371 g/mol. The second kappa shape index (κ2) is 6.15. The fourth-order valence-corrected chi connectivity index (χ4v) is 3.62. The molecule has 0 N–H and O–H groups in total. The lowest BCUT2D eigenvalue weighted by atomic mass is 9.80. The van der Waals surface area contributed by atoms with E-state index < -0.39 is 11.7 Å². The maximum Gasteiger partial charge on any atom is 0.417 e. The van der Waals surface area contributed by atoms with Gasteiger partial charge in [-0.15, -0.1) is 0 Å². The minimum absolute atomic E-state index is 0.0271. The number of nitrogens with zero attached hydrogens (tertiary/aromatic N) is 1. The van der Waals surface area contributed by atoms with Crippen molar-refractivity contribution in [1.29, 1.82) is 0 Å². The van der Waals surface area contributed by atoms with Gasteiger partial charge in [0, 0.05) is 40.6 Å². The number of benzene rings is 1. The van der Waals surface area contributed by atoms with Gasteiger partial charge in [-0.2, -0.15) is 13.2 Å². The van der Waals surface area contributed by atoms with Gasteiger partial charge in [0.15, 0.2) is 11.6 Å². The molecule has 0 amide bonds. The van der Waals surface area contributed by atoms with Crippen LogP contribution in [-0.2, 0) is 12.6 Å². The summed E-state index contributed by atoms with van der Waals surface area (Å²) in [6.45, 7) is 2.02. The molecule has 2 aromatic rings. The van der Waals surface area contributed by atoms with E-state index in [0.717, 1.165) is 18.7 Å². The summed E-state index contributed by atoms with van der Waals surface area (Å²) in [5.41, 5.74) is 1.12. The van der Waals surface area contributed by atoms with Gasteiger partial charge in [-0.1, -0.05) is 31.2 Å². The van der Waals surface area contributed by atoms with Crippen LogP contribution in [0.2, 0.25) is 0 Å². The van der Waals surface area contributed by atoms with Crippen LogP contribution in [0.4, 0.5) is 13.2 Å². The summed E-state index contributed by atoms with van der Waals surface area (Å²) >= 11 is 0. The molecule has 0 radical (unpaired) electrons. The van der Waals surface area contributed by atoms with Gasteiger partial charge in [-0.3, -0.25) is 14.6 Å². The minimum Gasteiger partial charge on any atom is -0.289 e. The van der Waals surface area contributed by atoms with Crippen LogP contribution in [0.25, 0.3) is 0 Å². The predicted octanol–water partition coefficient (Wildman–Crippen LogP) is 4.67. The van der Waals surface area contributed by atoms with Gasteiger partial charge in [0.05, 0.1) is 5.56 Å². The molecule has 1 heterocycles. The van der Waals surface area contributed by atoms with Gasteiger partial charge < -0.3 is 0 Å². The van der Waals surface area contributed by atoms with E-state index in [1.807, 2.05) is 6.92 Å². The summed E-state index contributed by atoms with van der Waals surface area (Å²) in [4.78, 5) is 29.9. The predicted molar refractivity (Wildman–Crippen MR) is 92.3 cm³/mol. The Kier molecular flexibility index (Phi) is 4.02. The maximum atomic E-state index is 13.0. The number of pyridine rings is 1. The first kappa shape index (κ1) is 17.6. The van der Waals surface area contributed by atoms with Crippen molar-refractivity contribution in [3.05, 3.63) is 76.1 Å². The number of allylic oxidation sites excluding steroid dienone is 2. The van der Waals surface area contributed by atoms with E-state index in [0.29, 0.717) is 33.9 Å². The molecule has 1 fully saturated rings. The number of ketones is 2. The third kappa shape index (κ3) is 3.09.